The van der Waals surface area contributed by atoms with Gasteiger partial charge in [-0.3, -0.25) is 14.5 Å². The lowest BCUT2D eigenvalue weighted by molar-refractivity contribution is -0.118. The quantitative estimate of drug-likeness (QED) is 0.470. The molecule has 2 N–H and O–H groups in total. The van der Waals surface area contributed by atoms with Gasteiger partial charge in [0.05, 0.1) is 32.4 Å². The third kappa shape index (κ3) is 4.89. The Bertz CT molecular complexity index is 1290. The van der Waals surface area contributed by atoms with Crippen LogP contribution in [0.4, 0.5) is 11.4 Å². The predicted octanol–water partition coefficient (Wildman–Crippen LogP) is 4.04. The van der Waals surface area contributed by atoms with Gasteiger partial charge in [-0.25, -0.2) is 0 Å². The second-order valence-electron chi connectivity index (χ2n) is 8.16. The number of furan rings is 1. The van der Waals surface area contributed by atoms with E-state index >= 15 is 0 Å². The number of amides is 2. The Hall–Kier alpha value is -3.68. The van der Waals surface area contributed by atoms with Gasteiger partial charge in [0.1, 0.15) is 5.58 Å². The van der Waals surface area contributed by atoms with Gasteiger partial charge >= 0.3 is 0 Å². The van der Waals surface area contributed by atoms with Crippen molar-refractivity contribution in [1.29, 1.82) is 0 Å². The van der Waals surface area contributed by atoms with Gasteiger partial charge in [0.2, 0.25) is 11.8 Å². The van der Waals surface area contributed by atoms with Gasteiger partial charge in [-0.05, 0) is 41.1 Å². The van der Waals surface area contributed by atoms with Crippen LogP contribution in [-0.2, 0) is 20.7 Å². The summed E-state index contributed by atoms with van der Waals surface area (Å²) in [4.78, 5) is 27.0. The third-order valence-electron chi connectivity index (χ3n) is 5.81. The van der Waals surface area contributed by atoms with Gasteiger partial charge < -0.3 is 19.8 Å². The first-order valence-electron chi connectivity index (χ1n) is 11.0. The maximum absolute atomic E-state index is 12.7. The highest BCUT2D eigenvalue weighted by molar-refractivity contribution is 6.09. The molecule has 5 rings (SSSR count). The summed E-state index contributed by atoms with van der Waals surface area (Å²) in [5.74, 6) is -0.192. The first-order chi connectivity index (χ1) is 16.2. The molecule has 7 nitrogen and oxygen atoms in total. The highest BCUT2D eigenvalue weighted by Crippen LogP contribution is 2.30. The second-order valence-corrected chi connectivity index (χ2v) is 8.16. The molecule has 1 aliphatic rings. The lowest BCUT2D eigenvalue weighted by atomic mass is 10.0. The number of nitrogens with zero attached hydrogens (tertiary/aromatic N) is 1. The fraction of sp³-hybridized carbons (Fsp3) is 0.231. The normalized spacial score (nSPS) is 14.4. The molecule has 168 valence electrons. The summed E-state index contributed by atoms with van der Waals surface area (Å²) in [5, 5.41) is 8.98. The van der Waals surface area contributed by atoms with Crippen molar-refractivity contribution >= 4 is 44.9 Å². The highest BCUT2D eigenvalue weighted by Gasteiger charge is 2.15. The zero-order valence-corrected chi connectivity index (χ0v) is 18.2. The molecule has 1 fully saturated rings. The number of morpholine rings is 1. The molecule has 0 aliphatic carbocycles. The van der Waals surface area contributed by atoms with E-state index in [1.54, 1.807) is 30.5 Å². The van der Waals surface area contributed by atoms with Crippen LogP contribution in [0.25, 0.3) is 21.7 Å². The summed E-state index contributed by atoms with van der Waals surface area (Å²) in [6, 6.07) is 19.2. The van der Waals surface area contributed by atoms with Crippen LogP contribution in [0, 0.1) is 0 Å². The van der Waals surface area contributed by atoms with Crippen molar-refractivity contribution in [3.63, 3.8) is 0 Å². The van der Waals surface area contributed by atoms with E-state index in [1.807, 2.05) is 36.4 Å². The molecule has 4 aromatic rings. The van der Waals surface area contributed by atoms with Crippen LogP contribution in [0.1, 0.15) is 5.56 Å². The highest BCUT2D eigenvalue weighted by atomic mass is 16.5. The second kappa shape index (κ2) is 9.44. The number of hydrogen-bond donors (Lipinski definition) is 2. The minimum absolute atomic E-state index is 0.0623. The maximum Gasteiger partial charge on any atom is 0.238 e. The van der Waals surface area contributed by atoms with Crippen molar-refractivity contribution in [1.82, 2.24) is 4.90 Å². The summed E-state index contributed by atoms with van der Waals surface area (Å²) in [7, 11) is 0. The number of nitrogens with one attached hydrogen (secondary N) is 2. The van der Waals surface area contributed by atoms with E-state index in [9.17, 15) is 9.59 Å². The number of carbonyl (C=O) groups excluding carboxylic acids is 2. The molecule has 1 aliphatic heterocycles. The summed E-state index contributed by atoms with van der Waals surface area (Å²) < 4.78 is 11.0. The van der Waals surface area contributed by atoms with Crippen molar-refractivity contribution < 1.29 is 18.7 Å². The molecule has 0 radical (unpaired) electrons. The van der Waals surface area contributed by atoms with E-state index in [1.165, 1.54) is 0 Å². The van der Waals surface area contributed by atoms with Gasteiger partial charge in [0.15, 0.2) is 0 Å². The van der Waals surface area contributed by atoms with Crippen LogP contribution in [0.3, 0.4) is 0 Å². The van der Waals surface area contributed by atoms with Crippen LogP contribution in [0.15, 0.2) is 71.3 Å². The number of carbonyl (C=O) groups is 2. The van der Waals surface area contributed by atoms with Crippen molar-refractivity contribution in [2.24, 2.45) is 0 Å². The van der Waals surface area contributed by atoms with Crippen LogP contribution in [0.5, 0.6) is 0 Å². The van der Waals surface area contributed by atoms with Gasteiger partial charge in [-0.1, -0.05) is 30.3 Å². The lowest BCUT2D eigenvalue weighted by Gasteiger charge is -2.25. The molecular formula is C26H25N3O4. The number of fused-ring (bicyclic) bond motifs is 3. The molecule has 2 amide bonds. The van der Waals surface area contributed by atoms with E-state index < -0.39 is 0 Å². The third-order valence-corrected chi connectivity index (χ3v) is 5.81. The molecule has 3 aromatic carbocycles. The molecule has 0 bridgehead atoms. The van der Waals surface area contributed by atoms with Crippen molar-refractivity contribution in [3.8, 4) is 0 Å². The number of anilines is 2. The zero-order valence-electron chi connectivity index (χ0n) is 18.2. The number of benzene rings is 3. The molecule has 1 aromatic heterocycles. The molecule has 0 saturated carbocycles. The molecule has 0 unspecified atom stereocenters. The van der Waals surface area contributed by atoms with E-state index in [2.05, 4.69) is 15.5 Å². The molecule has 1 saturated heterocycles. The first-order valence-corrected chi connectivity index (χ1v) is 11.0. The van der Waals surface area contributed by atoms with Crippen LogP contribution in [-0.4, -0.2) is 49.6 Å². The minimum atomic E-state index is -0.130. The first kappa shape index (κ1) is 21.2. The Morgan fingerprint density at radius 2 is 1.55 bits per heavy atom. The molecular weight excluding hydrogens is 418 g/mol. The number of hydrogen-bond acceptors (Lipinski definition) is 5. The van der Waals surface area contributed by atoms with Crippen LogP contribution in [0.2, 0.25) is 0 Å². The summed E-state index contributed by atoms with van der Waals surface area (Å²) in [6.45, 7) is 3.19. The Morgan fingerprint density at radius 3 is 2.30 bits per heavy atom. The Kier molecular flexibility index (Phi) is 6.06. The summed E-state index contributed by atoms with van der Waals surface area (Å²) in [5.41, 5.74) is 2.99. The fourth-order valence-electron chi connectivity index (χ4n) is 4.18. The van der Waals surface area contributed by atoms with E-state index in [0.717, 1.165) is 40.4 Å². The van der Waals surface area contributed by atoms with Crippen molar-refractivity contribution in [3.05, 3.63) is 72.5 Å². The summed E-state index contributed by atoms with van der Waals surface area (Å²) >= 11 is 0. The Labute approximate surface area is 191 Å². The van der Waals surface area contributed by atoms with Gasteiger partial charge in [-0.2, -0.15) is 0 Å². The average molecular weight is 444 g/mol. The van der Waals surface area contributed by atoms with E-state index in [4.69, 9.17) is 9.15 Å². The average Bonchev–Trinajstić information content (AvgIpc) is 3.24. The number of ether oxygens (including phenoxy) is 1. The SMILES string of the molecule is O=C(Cc1coc2ccc3ccccc3c12)Nc1ccc(NC(=O)CN2CCOCC2)cc1. The van der Waals surface area contributed by atoms with Crippen LogP contribution >= 0.6 is 0 Å². The molecule has 0 spiro atoms. The fourth-order valence-corrected chi connectivity index (χ4v) is 4.18. The Morgan fingerprint density at radius 1 is 0.848 bits per heavy atom. The molecule has 33 heavy (non-hydrogen) atoms. The molecule has 2 heterocycles. The molecule has 7 heteroatoms. The van der Waals surface area contributed by atoms with Crippen LogP contribution < -0.4 is 10.6 Å². The Balaban J connectivity index is 1.21. The van der Waals surface area contributed by atoms with Gasteiger partial charge in [-0.15, -0.1) is 0 Å². The standard InChI is InChI=1S/C26H25N3O4/c30-24(15-19-17-33-23-10-5-18-3-1-2-4-22(18)26(19)23)27-20-6-8-21(9-7-20)28-25(31)16-29-11-13-32-14-12-29/h1-10,17H,11-16H2,(H,27,30)(H,28,31). The van der Waals surface area contributed by atoms with Crippen molar-refractivity contribution in [2.75, 3.05) is 43.5 Å². The van der Waals surface area contributed by atoms with Crippen molar-refractivity contribution in [2.45, 2.75) is 6.42 Å². The lowest BCUT2D eigenvalue weighted by Crippen LogP contribution is -2.41. The predicted molar refractivity (Wildman–Crippen MR) is 128 cm³/mol. The van der Waals surface area contributed by atoms with E-state index in [0.29, 0.717) is 31.1 Å². The zero-order chi connectivity index (χ0) is 22.6. The van der Waals surface area contributed by atoms with Gasteiger partial charge in [0.25, 0.3) is 0 Å². The minimum Gasteiger partial charge on any atom is -0.464 e. The largest absolute Gasteiger partial charge is 0.464 e. The van der Waals surface area contributed by atoms with E-state index in [-0.39, 0.29) is 18.2 Å². The topological polar surface area (TPSA) is 83.8 Å². The maximum atomic E-state index is 12.7. The number of rotatable bonds is 6. The monoisotopic (exact) mass is 443 g/mol. The smallest absolute Gasteiger partial charge is 0.238 e. The van der Waals surface area contributed by atoms with Gasteiger partial charge in [0, 0.05) is 35.4 Å². The molecule has 0 atom stereocenters. The summed E-state index contributed by atoms with van der Waals surface area (Å²) in [6.07, 6.45) is 1.86.